The minimum atomic E-state index is 0.305. The number of nitrogens with one attached hydrogen (secondary N) is 1. The summed E-state index contributed by atoms with van der Waals surface area (Å²) in [6.45, 7) is 11.7. The summed E-state index contributed by atoms with van der Waals surface area (Å²) in [5, 5.41) is 1.26. The molecule has 0 unspecified atom stereocenters. The molecule has 0 spiro atoms. The molecule has 2 aromatic rings. The second-order valence-corrected chi connectivity index (χ2v) is 6.52. The first-order valence-corrected chi connectivity index (χ1v) is 7.88. The largest absolute Gasteiger partial charge is 0.373 e. The third-order valence-electron chi connectivity index (χ3n) is 4.17. The highest BCUT2D eigenvalue weighted by molar-refractivity contribution is 5.81. The van der Waals surface area contributed by atoms with Crippen LogP contribution in [-0.4, -0.2) is 40.2 Å². The predicted octanol–water partition coefficient (Wildman–Crippen LogP) is 3.30. The number of pyridine rings is 1. The molecule has 1 fully saturated rings. The van der Waals surface area contributed by atoms with Gasteiger partial charge in [-0.25, -0.2) is 4.98 Å². The lowest BCUT2D eigenvalue weighted by atomic mass is 10.0. The van der Waals surface area contributed by atoms with Crippen LogP contribution in [0.2, 0.25) is 0 Å². The number of morpholine rings is 1. The van der Waals surface area contributed by atoms with Crippen molar-refractivity contribution in [1.29, 1.82) is 0 Å². The van der Waals surface area contributed by atoms with Gasteiger partial charge in [0.15, 0.2) is 0 Å². The molecular weight excluding hydrogens is 262 g/mol. The quantitative estimate of drug-likeness (QED) is 0.941. The molecule has 3 heterocycles. The third kappa shape index (κ3) is 2.97. The zero-order valence-corrected chi connectivity index (χ0v) is 13.4. The average Bonchev–Trinajstić information content (AvgIpc) is 2.77. The van der Waals surface area contributed by atoms with E-state index in [1.54, 1.807) is 0 Å². The second kappa shape index (κ2) is 5.78. The number of ether oxygens (including phenoxy) is 1. The van der Waals surface area contributed by atoms with Crippen LogP contribution in [0.15, 0.2) is 18.3 Å². The van der Waals surface area contributed by atoms with Gasteiger partial charge in [0.05, 0.1) is 12.2 Å². The number of hydrogen-bond donors (Lipinski definition) is 1. The topological polar surface area (TPSA) is 41.2 Å². The van der Waals surface area contributed by atoms with Gasteiger partial charge in [0.1, 0.15) is 5.65 Å². The molecule has 1 aliphatic heterocycles. The molecule has 0 radical (unpaired) electrons. The number of nitrogens with zero attached hydrogens (tertiary/aromatic N) is 2. The van der Waals surface area contributed by atoms with E-state index in [9.17, 15) is 0 Å². The summed E-state index contributed by atoms with van der Waals surface area (Å²) >= 11 is 0. The summed E-state index contributed by atoms with van der Waals surface area (Å²) in [5.74, 6) is 0.477. The van der Waals surface area contributed by atoms with E-state index in [2.05, 4.69) is 48.6 Å². The van der Waals surface area contributed by atoms with Crippen molar-refractivity contribution in [3.05, 3.63) is 29.6 Å². The van der Waals surface area contributed by atoms with Crippen LogP contribution in [0.4, 0.5) is 0 Å². The van der Waals surface area contributed by atoms with Crippen molar-refractivity contribution in [1.82, 2.24) is 14.9 Å². The Morgan fingerprint density at radius 2 is 2.05 bits per heavy atom. The number of rotatable bonds is 3. The maximum absolute atomic E-state index is 5.84. The number of hydrogen-bond acceptors (Lipinski definition) is 3. The molecule has 0 bridgehead atoms. The van der Waals surface area contributed by atoms with E-state index in [0.29, 0.717) is 18.1 Å². The van der Waals surface area contributed by atoms with Crippen LogP contribution in [0, 0.1) is 0 Å². The van der Waals surface area contributed by atoms with Gasteiger partial charge in [0.2, 0.25) is 0 Å². The number of H-pyrrole nitrogens is 1. The highest BCUT2D eigenvalue weighted by atomic mass is 16.5. The van der Waals surface area contributed by atoms with E-state index in [-0.39, 0.29) is 0 Å². The molecule has 0 saturated carbocycles. The zero-order chi connectivity index (χ0) is 15.0. The number of aromatic amines is 1. The molecule has 3 rings (SSSR count). The molecule has 1 saturated heterocycles. The zero-order valence-electron chi connectivity index (χ0n) is 13.4. The van der Waals surface area contributed by atoms with Crippen LogP contribution in [-0.2, 0) is 11.3 Å². The first-order valence-electron chi connectivity index (χ1n) is 7.88. The molecule has 4 nitrogen and oxygen atoms in total. The van der Waals surface area contributed by atoms with Crippen LogP contribution in [0.25, 0.3) is 11.0 Å². The molecule has 1 N–H and O–H groups in total. The lowest BCUT2D eigenvalue weighted by Crippen LogP contribution is -2.44. The Morgan fingerprint density at radius 3 is 2.71 bits per heavy atom. The standard InChI is InChI=1S/C17H25N3O/c1-11(2)16-15(14-6-5-7-18-17(14)19-16)10-20-8-12(3)21-13(4)9-20/h5-7,11-13H,8-10H2,1-4H3,(H,18,19)/t12-,13+. The molecule has 0 aliphatic carbocycles. The Morgan fingerprint density at radius 1 is 1.33 bits per heavy atom. The lowest BCUT2D eigenvalue weighted by Gasteiger charge is -2.35. The number of fused-ring (bicyclic) bond motifs is 1. The Labute approximate surface area is 126 Å². The fourth-order valence-electron chi connectivity index (χ4n) is 3.40. The third-order valence-corrected chi connectivity index (χ3v) is 4.17. The van der Waals surface area contributed by atoms with Crippen molar-refractivity contribution in [3.8, 4) is 0 Å². The summed E-state index contributed by atoms with van der Waals surface area (Å²) in [6.07, 6.45) is 2.46. The molecule has 21 heavy (non-hydrogen) atoms. The second-order valence-electron chi connectivity index (χ2n) is 6.52. The van der Waals surface area contributed by atoms with E-state index < -0.39 is 0 Å². The lowest BCUT2D eigenvalue weighted by molar-refractivity contribution is -0.0704. The summed E-state index contributed by atoms with van der Waals surface area (Å²) in [6, 6.07) is 4.20. The molecule has 114 valence electrons. The first kappa shape index (κ1) is 14.5. The monoisotopic (exact) mass is 287 g/mol. The van der Waals surface area contributed by atoms with Gasteiger partial charge in [-0.2, -0.15) is 0 Å². The van der Waals surface area contributed by atoms with Crippen LogP contribution >= 0.6 is 0 Å². The van der Waals surface area contributed by atoms with Crippen LogP contribution in [0.5, 0.6) is 0 Å². The van der Waals surface area contributed by atoms with Crippen molar-refractivity contribution in [2.75, 3.05) is 13.1 Å². The number of aromatic nitrogens is 2. The first-order chi connectivity index (χ1) is 10.0. The molecule has 4 heteroatoms. The summed E-state index contributed by atoms with van der Waals surface area (Å²) in [5.41, 5.74) is 3.72. The highest BCUT2D eigenvalue weighted by Gasteiger charge is 2.24. The minimum Gasteiger partial charge on any atom is -0.373 e. The predicted molar refractivity (Wildman–Crippen MR) is 85.5 cm³/mol. The Balaban J connectivity index is 1.93. The normalized spacial score (nSPS) is 24.0. The molecule has 2 atom stereocenters. The van der Waals surface area contributed by atoms with Gasteiger partial charge in [0.25, 0.3) is 0 Å². The van der Waals surface area contributed by atoms with Crippen LogP contribution in [0.1, 0.15) is 44.9 Å². The summed E-state index contributed by atoms with van der Waals surface area (Å²) < 4.78 is 5.84. The Hall–Kier alpha value is -1.39. The van der Waals surface area contributed by atoms with Gasteiger partial charge in [0, 0.05) is 36.9 Å². The van der Waals surface area contributed by atoms with Crippen molar-refractivity contribution in [2.24, 2.45) is 0 Å². The van der Waals surface area contributed by atoms with E-state index >= 15 is 0 Å². The fraction of sp³-hybridized carbons (Fsp3) is 0.588. The molecule has 2 aromatic heterocycles. The van der Waals surface area contributed by atoms with Gasteiger partial charge < -0.3 is 9.72 Å². The van der Waals surface area contributed by atoms with Gasteiger partial charge in [-0.15, -0.1) is 0 Å². The van der Waals surface area contributed by atoms with E-state index in [0.717, 1.165) is 25.3 Å². The van der Waals surface area contributed by atoms with Crippen LogP contribution < -0.4 is 0 Å². The van der Waals surface area contributed by atoms with Crippen molar-refractivity contribution in [3.63, 3.8) is 0 Å². The SMILES string of the molecule is CC(C)c1[nH]c2ncccc2c1CN1C[C@@H](C)O[C@@H](C)C1. The van der Waals surface area contributed by atoms with Crippen LogP contribution in [0.3, 0.4) is 0 Å². The average molecular weight is 287 g/mol. The van der Waals surface area contributed by atoms with E-state index in [4.69, 9.17) is 4.74 Å². The fourth-order valence-corrected chi connectivity index (χ4v) is 3.40. The Kier molecular flexibility index (Phi) is 4.00. The maximum atomic E-state index is 5.84. The van der Waals surface area contributed by atoms with Gasteiger partial charge >= 0.3 is 0 Å². The smallest absolute Gasteiger partial charge is 0.137 e. The summed E-state index contributed by atoms with van der Waals surface area (Å²) in [4.78, 5) is 10.5. The molecule has 1 aliphatic rings. The maximum Gasteiger partial charge on any atom is 0.137 e. The highest BCUT2D eigenvalue weighted by Crippen LogP contribution is 2.28. The molecule has 0 amide bonds. The van der Waals surface area contributed by atoms with E-state index in [1.807, 2.05) is 12.3 Å². The molecule has 0 aromatic carbocycles. The van der Waals surface area contributed by atoms with Gasteiger partial charge in [-0.1, -0.05) is 13.8 Å². The minimum absolute atomic E-state index is 0.305. The Bertz CT molecular complexity index is 610. The van der Waals surface area contributed by atoms with Gasteiger partial charge in [-0.3, -0.25) is 4.90 Å². The van der Waals surface area contributed by atoms with E-state index in [1.165, 1.54) is 16.6 Å². The molecular formula is C17H25N3O. The summed E-state index contributed by atoms with van der Waals surface area (Å²) in [7, 11) is 0. The van der Waals surface area contributed by atoms with Crippen molar-refractivity contribution < 1.29 is 4.74 Å². The van der Waals surface area contributed by atoms with Crippen molar-refractivity contribution in [2.45, 2.75) is 52.4 Å². The van der Waals surface area contributed by atoms with Gasteiger partial charge in [-0.05, 0) is 37.5 Å². The van der Waals surface area contributed by atoms with Crippen molar-refractivity contribution >= 4 is 11.0 Å².